The Morgan fingerprint density at radius 2 is 2.05 bits per heavy atom. The molecule has 2 aromatic rings. The van der Waals surface area contributed by atoms with E-state index in [4.69, 9.17) is 0 Å². The molecule has 3 rings (SSSR count). The molecule has 1 aliphatic rings. The van der Waals surface area contributed by atoms with Crippen LogP contribution in [0.2, 0.25) is 0 Å². The summed E-state index contributed by atoms with van der Waals surface area (Å²) in [5, 5.41) is 2.99. The minimum absolute atomic E-state index is 0.164. The van der Waals surface area contributed by atoms with E-state index in [0.717, 1.165) is 24.3 Å². The summed E-state index contributed by atoms with van der Waals surface area (Å²) in [6.07, 6.45) is 6.92. The third-order valence-corrected chi connectivity index (χ3v) is 4.81. The summed E-state index contributed by atoms with van der Waals surface area (Å²) in [6, 6.07) is 12.1. The number of nitrogens with one attached hydrogen (secondary N) is 1. The summed E-state index contributed by atoms with van der Waals surface area (Å²) in [5.41, 5.74) is 2.10. The molecule has 0 radical (unpaired) electrons. The molecule has 3 nitrogen and oxygen atoms in total. The van der Waals surface area contributed by atoms with Gasteiger partial charge in [-0.25, -0.2) is 0 Å². The van der Waals surface area contributed by atoms with Crippen molar-refractivity contribution in [3.8, 4) is 0 Å². The van der Waals surface area contributed by atoms with E-state index in [1.165, 1.54) is 16.9 Å². The second-order valence-electron chi connectivity index (χ2n) is 5.29. The van der Waals surface area contributed by atoms with Gasteiger partial charge in [0, 0.05) is 34.6 Å². The van der Waals surface area contributed by atoms with Crippen molar-refractivity contribution in [2.24, 2.45) is 5.92 Å². The second kappa shape index (κ2) is 6.76. The first-order valence-electron chi connectivity index (χ1n) is 7.24. The molecule has 0 bridgehead atoms. The van der Waals surface area contributed by atoms with Crippen LogP contribution in [0.3, 0.4) is 0 Å². The monoisotopic (exact) mass is 298 g/mol. The number of nitrogens with zero attached hydrogens (tertiary/aromatic N) is 1. The first-order valence-corrected chi connectivity index (χ1v) is 8.22. The molecule has 1 saturated carbocycles. The van der Waals surface area contributed by atoms with E-state index in [1.807, 2.05) is 24.4 Å². The van der Waals surface area contributed by atoms with E-state index in [0.29, 0.717) is 0 Å². The van der Waals surface area contributed by atoms with Gasteiger partial charge in [0.05, 0.1) is 0 Å². The Kier molecular flexibility index (Phi) is 4.55. The smallest absolute Gasteiger partial charge is 0.227 e. The first kappa shape index (κ1) is 14.1. The molecule has 0 aliphatic heterocycles. The first-order chi connectivity index (χ1) is 10.3. The zero-order chi connectivity index (χ0) is 14.5. The lowest BCUT2D eigenvalue weighted by atomic mass is 9.85. The number of aromatic nitrogens is 1. The molecule has 1 aromatic carbocycles. The van der Waals surface area contributed by atoms with E-state index in [9.17, 15) is 4.79 Å². The predicted octanol–water partition coefficient (Wildman–Crippen LogP) is 4.11. The van der Waals surface area contributed by atoms with E-state index in [1.54, 1.807) is 18.0 Å². The number of benzene rings is 1. The highest BCUT2D eigenvalue weighted by molar-refractivity contribution is 7.98. The summed E-state index contributed by atoms with van der Waals surface area (Å²) < 4.78 is 0. The quantitative estimate of drug-likeness (QED) is 0.845. The Labute approximate surface area is 129 Å². The number of carbonyl (C=O) groups is 1. The van der Waals surface area contributed by atoms with E-state index >= 15 is 0 Å². The van der Waals surface area contributed by atoms with Crippen molar-refractivity contribution < 1.29 is 4.79 Å². The minimum atomic E-state index is 0.164. The number of carbonyl (C=O) groups excluding carboxylic acids is 1. The van der Waals surface area contributed by atoms with Crippen molar-refractivity contribution in [1.82, 2.24) is 4.98 Å². The van der Waals surface area contributed by atoms with Crippen LogP contribution in [-0.4, -0.2) is 10.9 Å². The Balaban J connectivity index is 1.52. The van der Waals surface area contributed by atoms with Crippen molar-refractivity contribution in [1.29, 1.82) is 0 Å². The summed E-state index contributed by atoms with van der Waals surface area (Å²) in [4.78, 5) is 17.2. The van der Waals surface area contributed by atoms with Crippen LogP contribution < -0.4 is 5.32 Å². The zero-order valence-corrected chi connectivity index (χ0v) is 12.6. The molecule has 0 atom stereocenters. The SMILES string of the molecule is O=C(Nc1ccc(SCc2cccnc2)cc1)C1CCC1. The molecule has 0 saturated heterocycles. The molecule has 1 heterocycles. The molecule has 108 valence electrons. The topological polar surface area (TPSA) is 42.0 Å². The van der Waals surface area contributed by atoms with Gasteiger partial charge in [0.2, 0.25) is 5.91 Å². The van der Waals surface area contributed by atoms with Gasteiger partial charge in [-0.1, -0.05) is 12.5 Å². The largest absolute Gasteiger partial charge is 0.326 e. The van der Waals surface area contributed by atoms with Crippen molar-refractivity contribution in [3.63, 3.8) is 0 Å². The minimum Gasteiger partial charge on any atom is -0.326 e. The Bertz CT molecular complexity index is 594. The average molecular weight is 298 g/mol. The van der Waals surface area contributed by atoms with Crippen LogP contribution in [0, 0.1) is 5.92 Å². The molecule has 1 fully saturated rings. The van der Waals surface area contributed by atoms with Gasteiger partial charge in [-0.3, -0.25) is 9.78 Å². The number of hydrogen-bond donors (Lipinski definition) is 1. The molecule has 1 aliphatic carbocycles. The molecule has 1 amide bonds. The summed E-state index contributed by atoms with van der Waals surface area (Å²) >= 11 is 1.77. The van der Waals surface area contributed by atoms with Crippen LogP contribution in [0.15, 0.2) is 53.7 Å². The maximum atomic E-state index is 11.9. The van der Waals surface area contributed by atoms with Crippen molar-refractivity contribution in [2.75, 3.05) is 5.32 Å². The fraction of sp³-hybridized carbons (Fsp3) is 0.294. The Morgan fingerprint density at radius 3 is 2.67 bits per heavy atom. The van der Waals surface area contributed by atoms with Crippen LogP contribution in [0.25, 0.3) is 0 Å². The highest BCUT2D eigenvalue weighted by Gasteiger charge is 2.24. The average Bonchev–Trinajstić information content (AvgIpc) is 2.46. The number of thioether (sulfide) groups is 1. The number of hydrogen-bond acceptors (Lipinski definition) is 3. The molecule has 0 unspecified atom stereocenters. The second-order valence-corrected chi connectivity index (χ2v) is 6.34. The van der Waals surface area contributed by atoms with Gasteiger partial charge in [0.15, 0.2) is 0 Å². The van der Waals surface area contributed by atoms with Crippen molar-refractivity contribution >= 4 is 23.4 Å². The third-order valence-electron chi connectivity index (χ3n) is 3.73. The number of anilines is 1. The normalized spacial score (nSPS) is 14.5. The molecule has 4 heteroatoms. The number of amides is 1. The molecule has 0 spiro atoms. The predicted molar refractivity (Wildman–Crippen MR) is 86.2 cm³/mol. The van der Waals surface area contributed by atoms with Gasteiger partial charge in [0.25, 0.3) is 0 Å². The molecule has 1 aromatic heterocycles. The maximum Gasteiger partial charge on any atom is 0.227 e. The van der Waals surface area contributed by atoms with E-state index in [-0.39, 0.29) is 11.8 Å². The van der Waals surface area contributed by atoms with Crippen LogP contribution in [0.1, 0.15) is 24.8 Å². The Hall–Kier alpha value is -1.81. The molecule has 1 N–H and O–H groups in total. The van der Waals surface area contributed by atoms with Crippen LogP contribution in [0.4, 0.5) is 5.69 Å². The molecular weight excluding hydrogens is 280 g/mol. The molecular formula is C17H18N2OS. The van der Waals surface area contributed by atoms with Crippen LogP contribution in [0.5, 0.6) is 0 Å². The van der Waals surface area contributed by atoms with E-state index < -0.39 is 0 Å². The lowest BCUT2D eigenvalue weighted by molar-refractivity contribution is -0.122. The van der Waals surface area contributed by atoms with Crippen LogP contribution in [-0.2, 0) is 10.5 Å². The maximum absolute atomic E-state index is 11.9. The lowest BCUT2D eigenvalue weighted by Gasteiger charge is -2.24. The number of rotatable bonds is 5. The summed E-state index contributed by atoms with van der Waals surface area (Å²) in [6.45, 7) is 0. The Morgan fingerprint density at radius 1 is 1.24 bits per heavy atom. The van der Waals surface area contributed by atoms with E-state index in [2.05, 4.69) is 28.5 Å². The van der Waals surface area contributed by atoms with Gasteiger partial charge >= 0.3 is 0 Å². The summed E-state index contributed by atoms with van der Waals surface area (Å²) in [7, 11) is 0. The molecule has 21 heavy (non-hydrogen) atoms. The van der Waals surface area contributed by atoms with Gasteiger partial charge in [-0.05, 0) is 48.7 Å². The lowest BCUT2D eigenvalue weighted by Crippen LogP contribution is -2.27. The van der Waals surface area contributed by atoms with Crippen molar-refractivity contribution in [3.05, 3.63) is 54.4 Å². The zero-order valence-electron chi connectivity index (χ0n) is 11.8. The summed E-state index contributed by atoms with van der Waals surface area (Å²) in [5.74, 6) is 1.29. The highest BCUT2D eigenvalue weighted by atomic mass is 32.2. The fourth-order valence-electron chi connectivity index (χ4n) is 2.20. The fourth-order valence-corrected chi connectivity index (χ4v) is 3.03. The third kappa shape index (κ3) is 3.85. The van der Waals surface area contributed by atoms with Gasteiger partial charge in [0.1, 0.15) is 0 Å². The van der Waals surface area contributed by atoms with Gasteiger partial charge in [-0.2, -0.15) is 0 Å². The van der Waals surface area contributed by atoms with Crippen LogP contribution >= 0.6 is 11.8 Å². The highest BCUT2D eigenvalue weighted by Crippen LogP contribution is 2.28. The number of pyridine rings is 1. The van der Waals surface area contributed by atoms with Gasteiger partial charge < -0.3 is 5.32 Å². The van der Waals surface area contributed by atoms with Gasteiger partial charge in [-0.15, -0.1) is 11.8 Å². The van der Waals surface area contributed by atoms with Crippen molar-refractivity contribution in [2.45, 2.75) is 29.9 Å². The standard InChI is InChI=1S/C17H18N2OS/c20-17(14-4-1-5-14)19-15-6-8-16(9-7-15)21-12-13-3-2-10-18-11-13/h2-3,6-11,14H,1,4-5,12H2,(H,19,20).